The number of H-pyrrole nitrogens is 1. The molecule has 1 fully saturated rings. The fourth-order valence-corrected chi connectivity index (χ4v) is 6.98. The number of hydrogen-bond donors (Lipinski definition) is 4. The number of thioether (sulfide) groups is 1. The summed E-state index contributed by atoms with van der Waals surface area (Å²) in [5, 5.41) is 23.5. The van der Waals surface area contributed by atoms with E-state index in [-0.39, 0.29) is 30.5 Å². The number of aryl methyl sites for hydroxylation is 2. The molecule has 3 aliphatic rings. The van der Waals surface area contributed by atoms with Crippen molar-refractivity contribution >= 4 is 40.5 Å². The van der Waals surface area contributed by atoms with E-state index in [1.165, 1.54) is 29.7 Å². The van der Waals surface area contributed by atoms with Crippen molar-refractivity contribution in [1.29, 1.82) is 0 Å². The van der Waals surface area contributed by atoms with Gasteiger partial charge in [0, 0.05) is 40.4 Å². The molecule has 3 atom stereocenters. The first kappa shape index (κ1) is 26.2. The van der Waals surface area contributed by atoms with E-state index in [1.807, 2.05) is 12.1 Å². The van der Waals surface area contributed by atoms with Gasteiger partial charge in [-0.3, -0.25) is 9.59 Å². The van der Waals surface area contributed by atoms with Crippen LogP contribution in [-0.2, 0) is 32.0 Å². The lowest BCUT2D eigenvalue weighted by molar-refractivity contribution is -0.149. The molecule has 1 amide bonds. The third kappa shape index (κ3) is 4.56. The van der Waals surface area contributed by atoms with Gasteiger partial charge in [0.05, 0.1) is 0 Å². The van der Waals surface area contributed by atoms with Gasteiger partial charge in [0.25, 0.3) is 5.91 Å². The van der Waals surface area contributed by atoms with Gasteiger partial charge in [-0.05, 0) is 60.4 Å². The number of rotatable bonds is 7. The molecule has 0 saturated carbocycles. The molecule has 1 aromatic heterocycles. The largest absolute Gasteiger partial charge is 0.484 e. The number of carboxylic acids is 1. The number of carbonyl (C=O) groups excluding carboxylic acids is 2. The van der Waals surface area contributed by atoms with Crippen LogP contribution in [0.3, 0.4) is 0 Å². The number of benzene rings is 2. The van der Waals surface area contributed by atoms with Crippen molar-refractivity contribution in [1.82, 2.24) is 15.2 Å². The molecule has 2 aromatic carbocycles. The quantitative estimate of drug-likeness (QED) is 0.317. The van der Waals surface area contributed by atoms with Gasteiger partial charge in [0.15, 0.2) is 12.8 Å². The van der Waals surface area contributed by atoms with Crippen LogP contribution in [0.4, 0.5) is 4.39 Å². The van der Waals surface area contributed by atoms with E-state index in [4.69, 9.17) is 9.47 Å². The first-order valence-electron chi connectivity index (χ1n) is 12.7. The van der Waals surface area contributed by atoms with Gasteiger partial charge in [0.2, 0.25) is 0 Å². The van der Waals surface area contributed by atoms with Gasteiger partial charge in [-0.15, -0.1) is 11.8 Å². The topological polar surface area (TPSA) is 141 Å². The highest BCUT2D eigenvalue weighted by atomic mass is 32.2. The zero-order valence-corrected chi connectivity index (χ0v) is 22.2. The van der Waals surface area contributed by atoms with Gasteiger partial charge < -0.3 is 34.9 Å². The van der Waals surface area contributed by atoms with Gasteiger partial charge in [0.1, 0.15) is 35.3 Å². The first-order chi connectivity index (χ1) is 19.2. The maximum Gasteiger partial charge on any atom is 0.352 e. The number of aliphatic hydroxyl groups is 1. The first-order valence-corrected chi connectivity index (χ1v) is 13.8. The summed E-state index contributed by atoms with van der Waals surface area (Å²) < 4.78 is 24.5. The Balaban J connectivity index is 1.09. The Morgan fingerprint density at radius 2 is 2.02 bits per heavy atom. The molecule has 3 heterocycles. The summed E-state index contributed by atoms with van der Waals surface area (Å²) in [7, 11) is 0. The minimum atomic E-state index is -1.25. The number of nitrogens with zero attached hydrogens (tertiary/aromatic N) is 1. The van der Waals surface area contributed by atoms with Crippen LogP contribution < -0.4 is 10.1 Å². The third-order valence-corrected chi connectivity index (χ3v) is 8.79. The molecular weight excluding hydrogens is 541 g/mol. The van der Waals surface area contributed by atoms with E-state index in [9.17, 15) is 29.0 Å². The number of carboxylic acid groups (broad SMARTS) is 1. The fraction of sp³-hybridized carbons (Fsp3) is 0.321. The predicted octanol–water partition coefficient (Wildman–Crippen LogP) is 2.54. The van der Waals surface area contributed by atoms with Crippen molar-refractivity contribution in [2.45, 2.75) is 37.4 Å². The number of aromatic amines is 1. The molecule has 1 saturated heterocycles. The Labute approximate surface area is 232 Å². The minimum Gasteiger partial charge on any atom is -0.484 e. The smallest absolute Gasteiger partial charge is 0.352 e. The number of hydrogen-bond acceptors (Lipinski definition) is 8. The summed E-state index contributed by atoms with van der Waals surface area (Å²) in [5.41, 5.74) is 5.27. The Hall–Kier alpha value is -4.03. The van der Waals surface area contributed by atoms with Crippen LogP contribution >= 0.6 is 11.8 Å². The van der Waals surface area contributed by atoms with Crippen LogP contribution in [0.5, 0.6) is 5.75 Å². The molecule has 0 radical (unpaired) electrons. The maximum absolute atomic E-state index is 13.8. The van der Waals surface area contributed by atoms with Crippen LogP contribution in [0.25, 0.3) is 22.2 Å². The second kappa shape index (κ2) is 10.2. The van der Waals surface area contributed by atoms with Crippen molar-refractivity contribution in [3.8, 4) is 17.0 Å². The van der Waals surface area contributed by atoms with Crippen LogP contribution in [0.2, 0.25) is 0 Å². The molecule has 1 unspecified atom stereocenters. The number of ether oxygens (including phenoxy) is 2. The molecule has 3 aromatic rings. The minimum absolute atomic E-state index is 0.114. The number of nitrogens with one attached hydrogen (secondary N) is 2. The summed E-state index contributed by atoms with van der Waals surface area (Å²) in [6, 6.07) is 9.62. The van der Waals surface area contributed by atoms with Gasteiger partial charge >= 0.3 is 11.9 Å². The van der Waals surface area contributed by atoms with E-state index < -0.39 is 35.5 Å². The number of fused-ring (bicyclic) bond motifs is 6. The lowest BCUT2D eigenvalue weighted by Crippen LogP contribution is -2.73. The summed E-state index contributed by atoms with van der Waals surface area (Å²) in [6.45, 7) is 0.778. The van der Waals surface area contributed by atoms with E-state index >= 15 is 0 Å². The molecule has 0 bridgehead atoms. The Morgan fingerprint density at radius 3 is 2.80 bits per heavy atom. The van der Waals surface area contributed by atoms with Crippen LogP contribution in [0, 0.1) is 5.82 Å². The normalized spacial score (nSPS) is 21.2. The number of aliphatic carboxylic acids is 1. The van der Waals surface area contributed by atoms with E-state index in [1.54, 1.807) is 18.2 Å². The number of aromatic nitrogens is 1. The predicted molar refractivity (Wildman–Crippen MR) is 144 cm³/mol. The van der Waals surface area contributed by atoms with E-state index in [0.717, 1.165) is 46.1 Å². The van der Waals surface area contributed by atoms with Crippen molar-refractivity contribution in [2.24, 2.45) is 0 Å². The molecule has 208 valence electrons. The maximum atomic E-state index is 13.8. The Bertz CT molecular complexity index is 1590. The lowest BCUT2D eigenvalue weighted by Gasteiger charge is -2.55. The van der Waals surface area contributed by atoms with Crippen molar-refractivity contribution in [3.63, 3.8) is 0 Å². The molecule has 10 nitrogen and oxygen atoms in total. The van der Waals surface area contributed by atoms with Gasteiger partial charge in [-0.1, -0.05) is 0 Å². The third-order valence-electron chi connectivity index (χ3n) is 7.42. The second-order valence-electron chi connectivity index (χ2n) is 9.93. The second-order valence-corrected chi connectivity index (χ2v) is 11.0. The summed E-state index contributed by atoms with van der Waals surface area (Å²) >= 11 is 1.35. The van der Waals surface area contributed by atoms with Crippen LogP contribution in [-0.4, -0.2) is 74.6 Å². The lowest BCUT2D eigenvalue weighted by atomic mass is 9.89. The average molecular weight is 568 g/mol. The van der Waals surface area contributed by atoms with Crippen LogP contribution in [0.1, 0.15) is 18.1 Å². The Kier molecular flexibility index (Phi) is 6.67. The fourth-order valence-electron chi connectivity index (χ4n) is 5.59. The standard InChI is InChI=1S/C28H26FN3O7S/c1-13(33)38-10-15-12-40-27-24(26(35)32(27)25(15)28(36)37)31-22(34)11-39-17-4-6-18-14(8-17)2-5-19-20-9-16(29)3-7-21(20)30-23(18)19/h3-4,6-9,24,26-27,30,35H,2,5,10-12H2,1H3,(H,31,34)(H,36,37)/t24-,26?,27-/m1/s1. The van der Waals surface area contributed by atoms with Crippen LogP contribution in [0.15, 0.2) is 47.7 Å². The molecule has 1 aliphatic carbocycles. The molecular formula is C28H26FN3O7S. The molecule has 0 spiro atoms. The van der Waals surface area contributed by atoms with Gasteiger partial charge in [-0.25, -0.2) is 9.18 Å². The van der Waals surface area contributed by atoms with Crippen molar-refractivity contribution in [3.05, 3.63) is 64.6 Å². The SMILES string of the molecule is CC(=O)OCC1=C(C(=O)O)N2C(O)[C@@H](NC(=O)COc3ccc4c(c3)CCc3c-4[nH]c4ccc(F)cc34)[C@H]2SC1. The van der Waals surface area contributed by atoms with Crippen molar-refractivity contribution in [2.75, 3.05) is 19.0 Å². The van der Waals surface area contributed by atoms with Gasteiger partial charge in [-0.2, -0.15) is 0 Å². The Morgan fingerprint density at radius 1 is 1.20 bits per heavy atom. The van der Waals surface area contributed by atoms with Crippen molar-refractivity contribution < 1.29 is 38.5 Å². The average Bonchev–Trinajstić information content (AvgIpc) is 3.30. The zero-order chi connectivity index (χ0) is 28.1. The molecule has 12 heteroatoms. The summed E-state index contributed by atoms with van der Waals surface area (Å²) in [6.07, 6.45) is 0.250. The number of amides is 1. The summed E-state index contributed by atoms with van der Waals surface area (Å²) in [5.74, 6) is -1.68. The number of esters is 1. The number of halogens is 1. The van der Waals surface area contributed by atoms with E-state index in [0.29, 0.717) is 11.3 Å². The summed E-state index contributed by atoms with van der Waals surface area (Å²) in [4.78, 5) is 40.4. The molecule has 40 heavy (non-hydrogen) atoms. The molecule has 4 N–H and O–H groups in total. The molecule has 6 rings (SSSR count). The highest BCUT2D eigenvalue weighted by Crippen LogP contribution is 2.43. The highest BCUT2D eigenvalue weighted by molar-refractivity contribution is 8.00. The highest BCUT2D eigenvalue weighted by Gasteiger charge is 2.53. The molecule has 2 aliphatic heterocycles. The number of aliphatic hydroxyl groups excluding tert-OH is 1. The zero-order valence-electron chi connectivity index (χ0n) is 21.4. The monoisotopic (exact) mass is 567 g/mol. The van der Waals surface area contributed by atoms with E-state index in [2.05, 4.69) is 10.3 Å². The number of carbonyl (C=O) groups is 3.